The van der Waals surface area contributed by atoms with E-state index >= 15 is 0 Å². The van der Waals surface area contributed by atoms with Crippen LogP contribution in [0.5, 0.6) is 0 Å². The molecular weight excluding hydrogens is 334 g/mol. The van der Waals surface area contributed by atoms with Crippen LogP contribution in [0.25, 0.3) is 21.7 Å². The monoisotopic (exact) mass is 347 g/mol. The average molecular weight is 347 g/mol. The van der Waals surface area contributed by atoms with Crippen molar-refractivity contribution >= 4 is 43.9 Å². The number of anilines is 1. The number of ketones is 1. The number of benzene rings is 2. The second kappa shape index (κ2) is 6.37. The van der Waals surface area contributed by atoms with E-state index in [0.717, 1.165) is 10.8 Å². The predicted octanol–water partition coefficient (Wildman–Crippen LogP) is 4.82. The van der Waals surface area contributed by atoms with Gasteiger partial charge in [-0.1, -0.05) is 48.5 Å². The van der Waals surface area contributed by atoms with E-state index in [2.05, 4.69) is 5.32 Å². The second-order valence-electron chi connectivity index (χ2n) is 5.45. The zero-order valence-corrected chi connectivity index (χ0v) is 13.9. The summed E-state index contributed by atoms with van der Waals surface area (Å²) in [5, 5.41) is 7.85. The molecule has 0 radical (unpaired) electrons. The van der Waals surface area contributed by atoms with E-state index < -0.39 is 0 Å². The third-order valence-corrected chi connectivity index (χ3v) is 4.79. The molecule has 0 aliphatic heterocycles. The van der Waals surface area contributed by atoms with E-state index in [0.29, 0.717) is 21.5 Å². The first kappa shape index (κ1) is 15.4. The summed E-state index contributed by atoms with van der Waals surface area (Å²) in [4.78, 5) is 24.4. The van der Waals surface area contributed by atoms with Gasteiger partial charge in [-0.25, -0.2) is 4.79 Å². The maximum atomic E-state index is 12.3. The van der Waals surface area contributed by atoms with Crippen molar-refractivity contribution in [2.45, 2.75) is 0 Å². The molecule has 2 aromatic heterocycles. The molecule has 0 saturated carbocycles. The lowest BCUT2D eigenvalue weighted by Crippen LogP contribution is -2.01. The van der Waals surface area contributed by atoms with Crippen LogP contribution in [0.1, 0.15) is 10.4 Å². The van der Waals surface area contributed by atoms with Crippen LogP contribution in [0.3, 0.4) is 0 Å². The Morgan fingerprint density at radius 2 is 1.76 bits per heavy atom. The van der Waals surface area contributed by atoms with Gasteiger partial charge in [-0.15, -0.1) is 11.3 Å². The van der Waals surface area contributed by atoms with Gasteiger partial charge in [0, 0.05) is 34.0 Å². The number of para-hydroxylation sites is 1. The number of thiophene rings is 1. The predicted molar refractivity (Wildman–Crippen MR) is 101 cm³/mol. The van der Waals surface area contributed by atoms with Crippen molar-refractivity contribution in [1.29, 1.82) is 0 Å². The Morgan fingerprint density at radius 3 is 2.60 bits per heavy atom. The van der Waals surface area contributed by atoms with Gasteiger partial charge in [0.2, 0.25) is 0 Å². The van der Waals surface area contributed by atoms with Gasteiger partial charge in [0.1, 0.15) is 16.0 Å². The van der Waals surface area contributed by atoms with Crippen LogP contribution in [-0.2, 0) is 0 Å². The Hall–Kier alpha value is -3.18. The van der Waals surface area contributed by atoms with Gasteiger partial charge in [-0.3, -0.25) is 4.79 Å². The fourth-order valence-corrected chi connectivity index (χ4v) is 3.61. The fraction of sp³-hybridized carbons (Fsp3) is 0. The lowest BCUT2D eigenvalue weighted by atomic mass is 10.1. The summed E-state index contributed by atoms with van der Waals surface area (Å²) < 4.78 is 5.39. The summed E-state index contributed by atoms with van der Waals surface area (Å²) in [6.07, 6.45) is 3.00. The molecule has 0 spiro atoms. The highest BCUT2D eigenvalue weighted by molar-refractivity contribution is 7.16. The number of hydrogen-bond acceptors (Lipinski definition) is 5. The molecule has 2 aromatic carbocycles. The zero-order valence-electron chi connectivity index (χ0n) is 13.1. The quantitative estimate of drug-likeness (QED) is 0.327. The average Bonchev–Trinajstić information content (AvgIpc) is 3.07. The third-order valence-electron chi connectivity index (χ3n) is 3.88. The van der Waals surface area contributed by atoms with E-state index in [1.165, 1.54) is 17.4 Å². The van der Waals surface area contributed by atoms with Crippen molar-refractivity contribution in [3.8, 4) is 0 Å². The molecular formula is C20H13NO3S. The molecule has 0 amide bonds. The van der Waals surface area contributed by atoms with Gasteiger partial charge in [0.25, 0.3) is 0 Å². The highest BCUT2D eigenvalue weighted by Crippen LogP contribution is 2.33. The maximum absolute atomic E-state index is 12.3. The smallest absolute Gasteiger partial charge is 0.347 e. The summed E-state index contributed by atoms with van der Waals surface area (Å²) in [7, 11) is 0. The van der Waals surface area contributed by atoms with Gasteiger partial charge in [-0.05, 0) is 6.07 Å². The molecule has 4 nitrogen and oxygen atoms in total. The molecule has 0 aliphatic carbocycles. The van der Waals surface area contributed by atoms with Crippen LogP contribution in [0.2, 0.25) is 0 Å². The van der Waals surface area contributed by atoms with Crippen LogP contribution >= 0.6 is 11.3 Å². The second-order valence-corrected chi connectivity index (χ2v) is 6.33. The molecule has 0 atom stereocenters. The summed E-state index contributed by atoms with van der Waals surface area (Å²) in [5.41, 5.74) is 0.793. The first-order valence-electron chi connectivity index (χ1n) is 7.69. The first-order chi connectivity index (χ1) is 12.2. The highest BCUT2D eigenvalue weighted by atomic mass is 32.1. The van der Waals surface area contributed by atoms with Crippen LogP contribution < -0.4 is 10.9 Å². The standard InChI is InChI=1S/C20H13NO3S/c22-16(13-6-2-1-3-7-13)10-11-21-19-18-15(12-25-19)14-8-4-5-9-17(14)24-20(18)23/h1-12,21H/b11-10-. The van der Waals surface area contributed by atoms with E-state index in [9.17, 15) is 9.59 Å². The number of nitrogens with one attached hydrogen (secondary N) is 1. The Kier molecular flexibility index (Phi) is 3.91. The minimum absolute atomic E-state index is 0.105. The minimum atomic E-state index is -0.389. The SMILES string of the molecule is O=C(/C=C\Nc1scc2c1c(=O)oc1ccccc12)c1ccccc1. The molecule has 0 bridgehead atoms. The maximum Gasteiger partial charge on any atom is 0.347 e. The Balaban J connectivity index is 1.67. The molecule has 0 aliphatic rings. The molecule has 4 rings (SSSR count). The largest absolute Gasteiger partial charge is 0.422 e. The summed E-state index contributed by atoms with van der Waals surface area (Å²) in [5.74, 6) is -0.105. The van der Waals surface area contributed by atoms with Crippen molar-refractivity contribution in [2.75, 3.05) is 5.32 Å². The first-order valence-corrected chi connectivity index (χ1v) is 8.57. The van der Waals surface area contributed by atoms with E-state index in [4.69, 9.17) is 4.42 Å². The van der Waals surface area contributed by atoms with Gasteiger partial charge in [0.05, 0.1) is 0 Å². The number of hydrogen-bond donors (Lipinski definition) is 1. The van der Waals surface area contributed by atoms with Crippen molar-refractivity contribution in [3.63, 3.8) is 0 Å². The van der Waals surface area contributed by atoms with Gasteiger partial charge >= 0.3 is 5.63 Å². The highest BCUT2D eigenvalue weighted by Gasteiger charge is 2.12. The van der Waals surface area contributed by atoms with E-state index in [1.807, 2.05) is 41.8 Å². The van der Waals surface area contributed by atoms with Crippen molar-refractivity contribution in [1.82, 2.24) is 0 Å². The number of fused-ring (bicyclic) bond motifs is 3. The normalized spacial score (nSPS) is 11.4. The summed E-state index contributed by atoms with van der Waals surface area (Å²) in [6, 6.07) is 16.5. The number of carbonyl (C=O) groups excluding carboxylic acids is 1. The molecule has 1 N–H and O–H groups in total. The van der Waals surface area contributed by atoms with Gasteiger partial charge in [0.15, 0.2) is 5.78 Å². The van der Waals surface area contributed by atoms with E-state index in [1.54, 1.807) is 24.4 Å². The summed E-state index contributed by atoms with van der Waals surface area (Å²) in [6.45, 7) is 0. The molecule has 25 heavy (non-hydrogen) atoms. The molecule has 0 unspecified atom stereocenters. The van der Waals surface area contributed by atoms with Crippen LogP contribution in [0, 0.1) is 0 Å². The third kappa shape index (κ3) is 2.86. The molecule has 4 aromatic rings. The molecule has 122 valence electrons. The number of rotatable bonds is 4. The Bertz CT molecular complexity index is 1160. The number of allylic oxidation sites excluding steroid dienone is 1. The van der Waals surface area contributed by atoms with Crippen molar-refractivity contribution in [3.05, 3.63) is 88.2 Å². The van der Waals surface area contributed by atoms with Crippen molar-refractivity contribution < 1.29 is 9.21 Å². The van der Waals surface area contributed by atoms with Gasteiger partial charge < -0.3 is 9.73 Å². The Labute approximate surface area is 147 Å². The van der Waals surface area contributed by atoms with Gasteiger partial charge in [-0.2, -0.15) is 0 Å². The fourth-order valence-electron chi connectivity index (χ4n) is 2.69. The van der Waals surface area contributed by atoms with Crippen LogP contribution in [0.4, 0.5) is 5.00 Å². The molecule has 5 heteroatoms. The topological polar surface area (TPSA) is 59.3 Å². The van der Waals surface area contributed by atoms with Crippen LogP contribution in [0.15, 0.2) is 81.5 Å². The lowest BCUT2D eigenvalue weighted by molar-refractivity contribution is 0.104. The number of carbonyl (C=O) groups is 1. The zero-order chi connectivity index (χ0) is 17.2. The van der Waals surface area contributed by atoms with Crippen molar-refractivity contribution in [2.24, 2.45) is 0 Å². The molecule has 2 heterocycles. The van der Waals surface area contributed by atoms with Crippen LogP contribution in [-0.4, -0.2) is 5.78 Å². The molecule has 0 fully saturated rings. The molecule has 0 saturated heterocycles. The Morgan fingerprint density at radius 1 is 1.00 bits per heavy atom. The van der Waals surface area contributed by atoms with E-state index in [-0.39, 0.29) is 11.4 Å². The lowest BCUT2D eigenvalue weighted by Gasteiger charge is -2.00. The minimum Gasteiger partial charge on any atom is -0.422 e. The summed E-state index contributed by atoms with van der Waals surface area (Å²) >= 11 is 1.41.